The Hall–Kier alpha value is -4.20. The van der Waals surface area contributed by atoms with Crippen LogP contribution in [0, 0.1) is 0 Å². The molecule has 8 nitrogen and oxygen atoms in total. The van der Waals surface area contributed by atoms with E-state index >= 15 is 0 Å². The number of carbonyl (C=O) groups is 1. The van der Waals surface area contributed by atoms with Crippen LogP contribution in [-0.2, 0) is 11.3 Å². The molecular weight excluding hydrogens is 420 g/mol. The number of hydrogen-bond donors (Lipinski definition) is 1. The lowest BCUT2D eigenvalue weighted by Gasteiger charge is -2.21. The smallest absolute Gasteiger partial charge is 0.336 e. The molecule has 0 saturated heterocycles. The van der Waals surface area contributed by atoms with Crippen LogP contribution in [0.1, 0.15) is 25.1 Å². The van der Waals surface area contributed by atoms with E-state index in [9.17, 15) is 14.4 Å². The summed E-state index contributed by atoms with van der Waals surface area (Å²) in [5.41, 5.74) is 0.497. The largest absolute Gasteiger partial charge is 0.497 e. The molecule has 1 N–H and O–H groups in total. The molecular formula is C25H24N4O4. The first-order chi connectivity index (χ1) is 16.0. The molecule has 0 aliphatic rings. The number of carbonyl (C=O) groups excluding carboxylic acids is 1. The number of rotatable bonds is 7. The Kier molecular flexibility index (Phi) is 6.35. The molecule has 2 aromatic heterocycles. The van der Waals surface area contributed by atoms with Crippen LogP contribution in [-0.4, -0.2) is 27.1 Å². The molecule has 2 heterocycles. The molecule has 168 valence electrons. The standard InChI is InChI=1S/C25H24N4O4/c1-3-21(23(30)27-16-17-8-6-7-15-26-17)29-22-10-5-4-9-20(22)24(31)28(25(29)32)18-11-13-19(33-2)14-12-18/h4-15,21H,3,16H2,1-2H3,(H,27,30). The third-order valence-corrected chi connectivity index (χ3v) is 5.50. The number of amides is 1. The summed E-state index contributed by atoms with van der Waals surface area (Å²) in [5, 5.41) is 3.22. The van der Waals surface area contributed by atoms with Crippen molar-refractivity contribution in [3.63, 3.8) is 0 Å². The fourth-order valence-electron chi connectivity index (χ4n) is 3.83. The normalized spacial score (nSPS) is 11.8. The summed E-state index contributed by atoms with van der Waals surface area (Å²) >= 11 is 0. The first-order valence-corrected chi connectivity index (χ1v) is 10.6. The number of methoxy groups -OCH3 is 1. The van der Waals surface area contributed by atoms with Gasteiger partial charge in [-0.15, -0.1) is 0 Å². The van der Waals surface area contributed by atoms with Crippen LogP contribution in [0.2, 0.25) is 0 Å². The van der Waals surface area contributed by atoms with Crippen LogP contribution < -0.4 is 21.3 Å². The molecule has 1 amide bonds. The zero-order chi connectivity index (χ0) is 23.4. The summed E-state index contributed by atoms with van der Waals surface area (Å²) < 4.78 is 7.67. The average Bonchev–Trinajstić information content (AvgIpc) is 2.86. The summed E-state index contributed by atoms with van der Waals surface area (Å²) in [4.78, 5) is 44.3. The second kappa shape index (κ2) is 9.52. The van der Waals surface area contributed by atoms with Gasteiger partial charge in [0.2, 0.25) is 5.91 Å². The van der Waals surface area contributed by atoms with Gasteiger partial charge in [0, 0.05) is 6.20 Å². The molecule has 0 saturated carbocycles. The van der Waals surface area contributed by atoms with E-state index in [1.54, 1.807) is 67.9 Å². The van der Waals surface area contributed by atoms with Crippen molar-refractivity contribution in [3.8, 4) is 11.4 Å². The third kappa shape index (κ3) is 4.27. The molecule has 1 unspecified atom stereocenters. The summed E-state index contributed by atoms with van der Waals surface area (Å²) in [7, 11) is 1.54. The molecule has 0 aliphatic heterocycles. The number of pyridine rings is 1. The molecule has 2 aromatic carbocycles. The number of ether oxygens (including phenoxy) is 1. The fourth-order valence-corrected chi connectivity index (χ4v) is 3.83. The van der Waals surface area contributed by atoms with Gasteiger partial charge in [0.25, 0.3) is 5.56 Å². The number of nitrogens with one attached hydrogen (secondary N) is 1. The van der Waals surface area contributed by atoms with E-state index in [0.29, 0.717) is 34.5 Å². The number of nitrogens with zero attached hydrogens (tertiary/aromatic N) is 3. The molecule has 0 radical (unpaired) electrons. The zero-order valence-corrected chi connectivity index (χ0v) is 18.4. The highest BCUT2D eigenvalue weighted by Crippen LogP contribution is 2.19. The zero-order valence-electron chi connectivity index (χ0n) is 18.4. The van der Waals surface area contributed by atoms with E-state index in [4.69, 9.17) is 4.74 Å². The number of para-hydroxylation sites is 1. The van der Waals surface area contributed by atoms with E-state index in [0.717, 1.165) is 4.57 Å². The van der Waals surface area contributed by atoms with Crippen molar-refractivity contribution in [2.75, 3.05) is 7.11 Å². The van der Waals surface area contributed by atoms with Crippen LogP contribution in [0.5, 0.6) is 5.75 Å². The van der Waals surface area contributed by atoms with Crippen LogP contribution in [0.15, 0.2) is 82.5 Å². The average molecular weight is 444 g/mol. The Morgan fingerprint density at radius 3 is 2.42 bits per heavy atom. The molecule has 1 atom stereocenters. The predicted octanol–water partition coefficient (Wildman–Crippen LogP) is 2.82. The Balaban J connectivity index is 1.83. The van der Waals surface area contributed by atoms with E-state index in [2.05, 4.69) is 10.3 Å². The van der Waals surface area contributed by atoms with Crippen LogP contribution >= 0.6 is 0 Å². The van der Waals surface area contributed by atoms with Gasteiger partial charge in [-0.2, -0.15) is 0 Å². The van der Waals surface area contributed by atoms with Crippen molar-refractivity contribution < 1.29 is 9.53 Å². The van der Waals surface area contributed by atoms with E-state index < -0.39 is 17.3 Å². The first kappa shape index (κ1) is 22.0. The van der Waals surface area contributed by atoms with Crippen molar-refractivity contribution in [3.05, 3.63) is 99.5 Å². The lowest BCUT2D eigenvalue weighted by atomic mass is 10.1. The van der Waals surface area contributed by atoms with Crippen molar-refractivity contribution in [2.45, 2.75) is 25.9 Å². The molecule has 0 bridgehead atoms. The summed E-state index contributed by atoms with van der Waals surface area (Å²) in [6.45, 7) is 2.07. The molecule has 33 heavy (non-hydrogen) atoms. The van der Waals surface area contributed by atoms with Gasteiger partial charge in [0.05, 0.1) is 35.9 Å². The predicted molar refractivity (Wildman–Crippen MR) is 126 cm³/mol. The minimum absolute atomic E-state index is 0.237. The highest BCUT2D eigenvalue weighted by Gasteiger charge is 2.25. The van der Waals surface area contributed by atoms with Gasteiger partial charge in [0.15, 0.2) is 0 Å². The van der Waals surface area contributed by atoms with Gasteiger partial charge in [-0.25, -0.2) is 9.36 Å². The number of benzene rings is 2. The fraction of sp³-hybridized carbons (Fsp3) is 0.200. The molecule has 0 spiro atoms. The topological polar surface area (TPSA) is 95.2 Å². The maximum atomic E-state index is 13.6. The SMILES string of the molecule is CCC(C(=O)NCc1ccccn1)n1c(=O)n(-c2ccc(OC)cc2)c(=O)c2ccccc21. The second-order valence-corrected chi connectivity index (χ2v) is 7.47. The Morgan fingerprint density at radius 1 is 1.03 bits per heavy atom. The van der Waals surface area contributed by atoms with Crippen molar-refractivity contribution in [1.29, 1.82) is 0 Å². The van der Waals surface area contributed by atoms with Crippen LogP contribution in [0.4, 0.5) is 0 Å². The lowest BCUT2D eigenvalue weighted by Crippen LogP contribution is -2.44. The third-order valence-electron chi connectivity index (χ3n) is 5.50. The quantitative estimate of drug-likeness (QED) is 0.473. The number of hydrogen-bond acceptors (Lipinski definition) is 5. The molecule has 0 fully saturated rings. The molecule has 0 aliphatic carbocycles. The van der Waals surface area contributed by atoms with Crippen molar-refractivity contribution in [2.24, 2.45) is 0 Å². The Labute approximate surface area is 190 Å². The summed E-state index contributed by atoms with van der Waals surface area (Å²) in [6.07, 6.45) is 2.01. The maximum absolute atomic E-state index is 13.6. The molecule has 4 rings (SSSR count). The number of fused-ring (bicyclic) bond motifs is 1. The monoisotopic (exact) mass is 444 g/mol. The van der Waals surface area contributed by atoms with Crippen LogP contribution in [0.25, 0.3) is 16.6 Å². The minimum atomic E-state index is -0.809. The lowest BCUT2D eigenvalue weighted by molar-refractivity contribution is -0.124. The van der Waals surface area contributed by atoms with Gasteiger partial charge in [-0.3, -0.25) is 19.1 Å². The number of aromatic nitrogens is 3. The Bertz CT molecular complexity index is 1390. The molecule has 4 aromatic rings. The second-order valence-electron chi connectivity index (χ2n) is 7.47. The van der Waals surface area contributed by atoms with E-state index in [-0.39, 0.29) is 12.5 Å². The maximum Gasteiger partial charge on any atom is 0.336 e. The first-order valence-electron chi connectivity index (χ1n) is 10.6. The summed E-state index contributed by atoms with van der Waals surface area (Å²) in [5.74, 6) is 0.281. The van der Waals surface area contributed by atoms with Gasteiger partial charge in [-0.05, 0) is 55.0 Å². The van der Waals surface area contributed by atoms with Gasteiger partial charge in [0.1, 0.15) is 11.8 Å². The molecule has 8 heteroatoms. The van der Waals surface area contributed by atoms with E-state index in [1.807, 2.05) is 19.1 Å². The van der Waals surface area contributed by atoms with Gasteiger partial charge in [-0.1, -0.05) is 25.1 Å². The summed E-state index contributed by atoms with van der Waals surface area (Å²) in [6, 6.07) is 18.1. The van der Waals surface area contributed by atoms with Crippen molar-refractivity contribution >= 4 is 16.8 Å². The van der Waals surface area contributed by atoms with Crippen LogP contribution in [0.3, 0.4) is 0 Å². The highest BCUT2D eigenvalue weighted by molar-refractivity contribution is 5.84. The van der Waals surface area contributed by atoms with E-state index in [1.165, 1.54) is 4.57 Å². The Morgan fingerprint density at radius 2 is 1.76 bits per heavy atom. The van der Waals surface area contributed by atoms with Gasteiger partial charge >= 0.3 is 5.69 Å². The highest BCUT2D eigenvalue weighted by atomic mass is 16.5. The minimum Gasteiger partial charge on any atom is -0.497 e. The van der Waals surface area contributed by atoms with Crippen molar-refractivity contribution in [1.82, 2.24) is 19.4 Å². The van der Waals surface area contributed by atoms with Gasteiger partial charge < -0.3 is 10.1 Å².